The smallest absolute Gasteiger partial charge is 0.392 e. The van der Waals surface area contributed by atoms with Crippen LogP contribution in [0.15, 0.2) is 51.5 Å². The Morgan fingerprint density at radius 3 is 2.77 bits per heavy atom. The molecule has 10 heteroatoms. The zero-order chi connectivity index (χ0) is 24.5. The summed E-state index contributed by atoms with van der Waals surface area (Å²) >= 11 is 11.1. The summed E-state index contributed by atoms with van der Waals surface area (Å²) in [6.45, 7) is 6.72. The molecule has 0 saturated carbocycles. The number of amides is 1. The van der Waals surface area contributed by atoms with Crippen LogP contribution >= 0.6 is 38.9 Å². The van der Waals surface area contributed by atoms with Gasteiger partial charge in [-0.05, 0) is 60.8 Å². The summed E-state index contributed by atoms with van der Waals surface area (Å²) in [5.74, 6) is 1.09. The molecule has 1 aliphatic heterocycles. The Labute approximate surface area is 221 Å². The van der Waals surface area contributed by atoms with Gasteiger partial charge in [0.1, 0.15) is 5.69 Å². The number of fused-ring (bicyclic) bond motifs is 1. The summed E-state index contributed by atoms with van der Waals surface area (Å²) in [5.41, 5.74) is 1.64. The summed E-state index contributed by atoms with van der Waals surface area (Å²) in [6, 6.07) is 14.1. The number of nitrogens with zero attached hydrogens (tertiary/aromatic N) is 3. The maximum Gasteiger partial charge on any atom is 0.414 e. The van der Waals surface area contributed by atoms with Gasteiger partial charge >= 0.3 is 6.09 Å². The Kier molecular flexibility index (Phi) is 7.20. The van der Waals surface area contributed by atoms with Gasteiger partial charge in [0.25, 0.3) is 0 Å². The van der Waals surface area contributed by atoms with E-state index in [1.807, 2.05) is 47.0 Å². The van der Waals surface area contributed by atoms with Gasteiger partial charge in [-0.1, -0.05) is 35.0 Å². The van der Waals surface area contributed by atoms with E-state index in [1.165, 1.54) is 11.3 Å². The molecular formula is C25H26BrClN4O3S. The van der Waals surface area contributed by atoms with E-state index in [4.69, 9.17) is 20.9 Å². The van der Waals surface area contributed by atoms with E-state index >= 15 is 0 Å². The number of nitrogens with one attached hydrogen (secondary N) is 1. The van der Waals surface area contributed by atoms with Gasteiger partial charge < -0.3 is 24.0 Å². The molecule has 4 aromatic rings. The molecule has 7 nitrogen and oxygen atoms in total. The van der Waals surface area contributed by atoms with Crippen molar-refractivity contribution in [2.75, 3.05) is 13.1 Å². The molecule has 1 aromatic carbocycles. The number of thiophene rings is 1. The van der Waals surface area contributed by atoms with Crippen molar-refractivity contribution in [3.63, 3.8) is 0 Å². The monoisotopic (exact) mass is 576 g/mol. The number of aromatic nitrogens is 2. The van der Waals surface area contributed by atoms with E-state index in [2.05, 4.69) is 45.2 Å². The summed E-state index contributed by atoms with van der Waals surface area (Å²) in [4.78, 5) is 16.2. The quantitative estimate of drug-likeness (QED) is 0.273. The number of ether oxygens (including phenoxy) is 1. The third-order valence-electron chi connectivity index (χ3n) is 6.33. The third-order valence-corrected chi connectivity index (χ3v) is 8.34. The summed E-state index contributed by atoms with van der Waals surface area (Å²) < 4.78 is 14.8. The molecule has 1 saturated heterocycles. The lowest BCUT2D eigenvalue weighted by molar-refractivity contribution is 0.151. The number of likely N-dealkylation sites (tertiary alicyclic amines) is 1. The fraction of sp³-hybridized carbons (Fsp3) is 0.360. The lowest BCUT2D eigenvalue weighted by atomic mass is 10.0. The average molecular weight is 578 g/mol. The van der Waals surface area contributed by atoms with Crippen molar-refractivity contribution in [1.82, 2.24) is 19.9 Å². The second kappa shape index (κ2) is 10.3. The van der Waals surface area contributed by atoms with E-state index < -0.39 is 6.09 Å². The number of halogens is 2. The zero-order valence-electron chi connectivity index (χ0n) is 19.5. The largest absolute Gasteiger partial charge is 0.414 e. The van der Waals surface area contributed by atoms with Crippen molar-refractivity contribution in [3.8, 4) is 16.5 Å². The first-order chi connectivity index (χ1) is 16.9. The lowest BCUT2D eigenvalue weighted by Gasteiger charge is -2.34. The fourth-order valence-electron chi connectivity index (χ4n) is 4.45. The minimum absolute atomic E-state index is 0.102. The van der Waals surface area contributed by atoms with Crippen molar-refractivity contribution in [3.05, 3.63) is 57.0 Å². The van der Waals surface area contributed by atoms with Crippen LogP contribution in [0.2, 0.25) is 4.34 Å². The van der Waals surface area contributed by atoms with Gasteiger partial charge in [-0.2, -0.15) is 0 Å². The molecule has 0 radical (unpaired) electrons. The highest BCUT2D eigenvalue weighted by Gasteiger charge is 2.25. The number of para-hydroxylation sites is 1. The summed E-state index contributed by atoms with van der Waals surface area (Å²) in [7, 11) is 0. The molecular weight excluding hydrogens is 552 g/mol. The van der Waals surface area contributed by atoms with Crippen LogP contribution < -0.4 is 10.1 Å². The van der Waals surface area contributed by atoms with Crippen molar-refractivity contribution in [1.29, 1.82) is 0 Å². The third kappa shape index (κ3) is 5.28. The van der Waals surface area contributed by atoms with Crippen LogP contribution in [0.4, 0.5) is 4.79 Å². The molecule has 0 bridgehead atoms. The lowest BCUT2D eigenvalue weighted by Crippen LogP contribution is -2.47. The van der Waals surface area contributed by atoms with E-state index in [-0.39, 0.29) is 6.04 Å². The minimum Gasteiger partial charge on any atom is -0.392 e. The zero-order valence-corrected chi connectivity index (χ0v) is 22.6. The highest BCUT2D eigenvalue weighted by Crippen LogP contribution is 2.38. The molecule has 1 aliphatic rings. The van der Waals surface area contributed by atoms with Crippen LogP contribution in [0.1, 0.15) is 32.4 Å². The molecule has 1 fully saturated rings. The van der Waals surface area contributed by atoms with Gasteiger partial charge in [0.05, 0.1) is 25.7 Å². The standard InChI is InChI=1S/C25H26BrClN4O3S/c1-15(2)30-11-9-16(10-12-30)28-25(32)33-24-23(26)18-5-3-4-6-19(18)31(24)14-17-13-20(34-29-17)21-7-8-22(27)35-21/h3-8,13,15-16H,9-12,14H2,1-2H3,(H,28,32). The highest BCUT2D eigenvalue weighted by atomic mass is 79.9. The molecule has 0 spiro atoms. The summed E-state index contributed by atoms with van der Waals surface area (Å²) in [6.07, 6.45) is 1.37. The first-order valence-corrected chi connectivity index (χ1v) is 13.6. The maximum absolute atomic E-state index is 12.9. The average Bonchev–Trinajstić information content (AvgIpc) is 3.55. The van der Waals surface area contributed by atoms with Gasteiger partial charge in [-0.3, -0.25) is 0 Å². The maximum atomic E-state index is 12.9. The molecule has 3 aromatic heterocycles. The molecule has 1 amide bonds. The predicted octanol–water partition coefficient (Wildman–Crippen LogP) is 6.78. The highest BCUT2D eigenvalue weighted by molar-refractivity contribution is 9.10. The second-order valence-corrected chi connectivity index (χ2v) is 11.5. The second-order valence-electron chi connectivity index (χ2n) is 8.95. The fourth-order valence-corrected chi connectivity index (χ4v) is 6.07. The van der Waals surface area contributed by atoms with Gasteiger partial charge in [-0.15, -0.1) is 11.3 Å². The number of rotatable bonds is 6. The Balaban J connectivity index is 1.36. The van der Waals surface area contributed by atoms with Crippen LogP contribution in [0.3, 0.4) is 0 Å². The molecule has 0 unspecified atom stereocenters. The van der Waals surface area contributed by atoms with Gasteiger partial charge in [0.15, 0.2) is 5.76 Å². The van der Waals surface area contributed by atoms with E-state index in [0.29, 0.717) is 34.3 Å². The number of benzene rings is 1. The van der Waals surface area contributed by atoms with E-state index in [0.717, 1.165) is 46.2 Å². The Morgan fingerprint density at radius 2 is 2.06 bits per heavy atom. The molecule has 1 N–H and O–H groups in total. The number of carbonyl (C=O) groups is 1. The van der Waals surface area contributed by atoms with E-state index in [9.17, 15) is 4.79 Å². The minimum atomic E-state index is -0.452. The topological polar surface area (TPSA) is 72.5 Å². The first kappa shape index (κ1) is 24.4. The van der Waals surface area contributed by atoms with Crippen molar-refractivity contribution in [2.24, 2.45) is 0 Å². The van der Waals surface area contributed by atoms with Crippen LogP contribution in [0, 0.1) is 0 Å². The van der Waals surface area contributed by atoms with Gasteiger partial charge in [-0.25, -0.2) is 4.79 Å². The molecule has 35 heavy (non-hydrogen) atoms. The summed E-state index contributed by atoms with van der Waals surface area (Å²) in [5, 5.41) is 8.24. The normalized spacial score (nSPS) is 15.2. The van der Waals surface area contributed by atoms with Gasteiger partial charge in [0.2, 0.25) is 5.88 Å². The predicted molar refractivity (Wildman–Crippen MR) is 142 cm³/mol. The Morgan fingerprint density at radius 1 is 1.29 bits per heavy atom. The Bertz CT molecular complexity index is 1340. The number of hydrogen-bond donors (Lipinski definition) is 1. The molecule has 5 rings (SSSR count). The molecule has 0 atom stereocenters. The van der Waals surface area contributed by atoms with Crippen LogP contribution in [-0.2, 0) is 6.54 Å². The van der Waals surface area contributed by atoms with Gasteiger partial charge in [0, 0.05) is 36.6 Å². The first-order valence-electron chi connectivity index (χ1n) is 11.6. The Hall–Kier alpha value is -2.33. The van der Waals surface area contributed by atoms with Crippen LogP contribution in [-0.4, -0.2) is 45.9 Å². The van der Waals surface area contributed by atoms with Crippen molar-refractivity contribution in [2.45, 2.75) is 45.3 Å². The molecule has 4 heterocycles. The van der Waals surface area contributed by atoms with Crippen molar-refractivity contribution >= 4 is 55.9 Å². The number of hydrogen-bond acceptors (Lipinski definition) is 6. The molecule has 0 aliphatic carbocycles. The van der Waals surface area contributed by atoms with Crippen molar-refractivity contribution < 1.29 is 14.1 Å². The number of carbonyl (C=O) groups excluding carboxylic acids is 1. The SMILES string of the molecule is CC(C)N1CCC(NC(=O)Oc2c(Br)c3ccccc3n2Cc2cc(-c3ccc(Cl)s3)on2)CC1. The van der Waals surface area contributed by atoms with Crippen LogP contribution in [0.25, 0.3) is 21.5 Å². The molecule has 184 valence electrons. The number of piperidine rings is 1. The van der Waals surface area contributed by atoms with Crippen LogP contribution in [0.5, 0.6) is 5.88 Å². The van der Waals surface area contributed by atoms with E-state index in [1.54, 1.807) is 0 Å².